The molecule has 0 unspecified atom stereocenters. The minimum Gasteiger partial charge on any atom is -0.450 e. The summed E-state index contributed by atoms with van der Waals surface area (Å²) < 4.78 is 4.96. The molecule has 1 aliphatic heterocycles. The van der Waals surface area contributed by atoms with E-state index in [4.69, 9.17) is 4.74 Å². The van der Waals surface area contributed by atoms with Gasteiger partial charge in [0, 0.05) is 39.6 Å². The van der Waals surface area contributed by atoms with Crippen molar-refractivity contribution in [2.75, 3.05) is 66.5 Å². The molecule has 0 spiro atoms. The molecule has 0 atom stereocenters. The molecule has 1 saturated heterocycles. The number of nitrogens with zero attached hydrogens (tertiary/aromatic N) is 4. The summed E-state index contributed by atoms with van der Waals surface area (Å²) in [4.78, 5) is 42.7. The van der Waals surface area contributed by atoms with Crippen LogP contribution in [0.5, 0.6) is 0 Å². The van der Waals surface area contributed by atoms with E-state index >= 15 is 0 Å². The Bertz CT molecular complexity index is 434. The Kier molecular flexibility index (Phi) is 8.53. The first-order chi connectivity index (χ1) is 11.3. The van der Waals surface area contributed by atoms with Crippen LogP contribution >= 0.6 is 0 Å². The fourth-order valence-electron chi connectivity index (χ4n) is 2.54. The summed E-state index contributed by atoms with van der Waals surface area (Å²) in [5.74, 6) is -0.161. The van der Waals surface area contributed by atoms with Gasteiger partial charge in [-0.25, -0.2) is 4.79 Å². The van der Waals surface area contributed by atoms with Crippen molar-refractivity contribution in [3.63, 3.8) is 0 Å². The van der Waals surface area contributed by atoms with Crippen LogP contribution < -0.4 is 0 Å². The molecule has 8 nitrogen and oxygen atoms in total. The van der Waals surface area contributed by atoms with Gasteiger partial charge in [0.15, 0.2) is 0 Å². The normalized spacial score (nSPS) is 14.7. The van der Waals surface area contributed by atoms with Gasteiger partial charge in [-0.05, 0) is 34.0 Å². The number of carbonyl (C=O) groups excluding carboxylic acids is 3. The molecular weight excluding hydrogens is 312 g/mol. The SMILES string of the molecule is CCOC(=O)N1CCN(C(=O)CN(CCCN(C)C)C(C)=O)CC1. The maximum absolute atomic E-state index is 12.4. The van der Waals surface area contributed by atoms with Crippen molar-refractivity contribution < 1.29 is 19.1 Å². The molecule has 0 N–H and O–H groups in total. The van der Waals surface area contributed by atoms with E-state index in [1.807, 2.05) is 14.1 Å². The molecule has 1 fully saturated rings. The summed E-state index contributed by atoms with van der Waals surface area (Å²) in [6, 6.07) is 0. The van der Waals surface area contributed by atoms with Crippen molar-refractivity contribution in [3.8, 4) is 0 Å². The highest BCUT2D eigenvalue weighted by atomic mass is 16.6. The van der Waals surface area contributed by atoms with Crippen molar-refractivity contribution in [2.45, 2.75) is 20.3 Å². The van der Waals surface area contributed by atoms with Crippen molar-refractivity contribution in [1.82, 2.24) is 19.6 Å². The molecule has 8 heteroatoms. The van der Waals surface area contributed by atoms with E-state index in [0.29, 0.717) is 39.3 Å². The van der Waals surface area contributed by atoms with Gasteiger partial charge in [-0.2, -0.15) is 0 Å². The maximum atomic E-state index is 12.4. The third kappa shape index (κ3) is 6.74. The first kappa shape index (κ1) is 20.2. The van der Waals surface area contributed by atoms with Crippen LogP contribution in [0, 0.1) is 0 Å². The summed E-state index contributed by atoms with van der Waals surface area (Å²) in [6.45, 7) is 7.02. The highest BCUT2D eigenvalue weighted by Crippen LogP contribution is 2.06. The Balaban J connectivity index is 2.43. The van der Waals surface area contributed by atoms with Crippen LogP contribution in [0.25, 0.3) is 0 Å². The van der Waals surface area contributed by atoms with Crippen LogP contribution in [0.2, 0.25) is 0 Å². The lowest BCUT2D eigenvalue weighted by atomic mass is 10.3. The van der Waals surface area contributed by atoms with Crippen LogP contribution in [0.1, 0.15) is 20.3 Å². The lowest BCUT2D eigenvalue weighted by Crippen LogP contribution is -2.53. The number of carbonyl (C=O) groups is 3. The lowest BCUT2D eigenvalue weighted by molar-refractivity contribution is -0.140. The Morgan fingerprint density at radius 2 is 1.58 bits per heavy atom. The molecule has 0 aromatic rings. The van der Waals surface area contributed by atoms with E-state index in [9.17, 15) is 14.4 Å². The van der Waals surface area contributed by atoms with Crippen LogP contribution in [0.4, 0.5) is 4.79 Å². The summed E-state index contributed by atoms with van der Waals surface area (Å²) in [7, 11) is 3.96. The second-order valence-corrected chi connectivity index (χ2v) is 6.16. The van der Waals surface area contributed by atoms with E-state index in [0.717, 1.165) is 13.0 Å². The first-order valence-electron chi connectivity index (χ1n) is 8.44. The minimum absolute atomic E-state index is 0.0708. The maximum Gasteiger partial charge on any atom is 0.409 e. The second-order valence-electron chi connectivity index (χ2n) is 6.16. The zero-order valence-electron chi connectivity index (χ0n) is 15.3. The van der Waals surface area contributed by atoms with Gasteiger partial charge in [-0.3, -0.25) is 9.59 Å². The Morgan fingerprint density at radius 3 is 2.08 bits per heavy atom. The summed E-state index contributed by atoms with van der Waals surface area (Å²) in [6.07, 6.45) is 0.495. The average Bonchev–Trinajstić information content (AvgIpc) is 2.53. The highest BCUT2D eigenvalue weighted by Gasteiger charge is 2.26. The Morgan fingerprint density at radius 1 is 1.00 bits per heavy atom. The zero-order valence-corrected chi connectivity index (χ0v) is 15.3. The topological polar surface area (TPSA) is 73.4 Å². The monoisotopic (exact) mass is 342 g/mol. The molecule has 0 bridgehead atoms. The van der Waals surface area contributed by atoms with E-state index in [2.05, 4.69) is 4.90 Å². The fraction of sp³-hybridized carbons (Fsp3) is 0.812. The summed E-state index contributed by atoms with van der Waals surface area (Å²) >= 11 is 0. The predicted molar refractivity (Wildman–Crippen MR) is 90.6 cm³/mol. The van der Waals surface area contributed by atoms with Crippen LogP contribution in [-0.4, -0.2) is 104 Å². The Hall–Kier alpha value is -1.83. The van der Waals surface area contributed by atoms with Gasteiger partial charge in [0.05, 0.1) is 13.2 Å². The summed E-state index contributed by atoms with van der Waals surface area (Å²) in [5.41, 5.74) is 0. The second kappa shape index (κ2) is 10.1. The van der Waals surface area contributed by atoms with Gasteiger partial charge in [0.25, 0.3) is 0 Å². The van der Waals surface area contributed by atoms with Gasteiger partial charge in [0.2, 0.25) is 11.8 Å². The number of hydrogen-bond acceptors (Lipinski definition) is 5. The molecular formula is C16H30N4O4. The molecule has 1 heterocycles. The fourth-order valence-corrected chi connectivity index (χ4v) is 2.54. The molecule has 0 saturated carbocycles. The van der Waals surface area contributed by atoms with E-state index < -0.39 is 0 Å². The number of amides is 3. The minimum atomic E-state index is -0.335. The standard InChI is InChI=1S/C16H30N4O4/c1-5-24-16(23)19-11-9-18(10-12-19)15(22)13-20(14(2)21)8-6-7-17(3)4/h5-13H2,1-4H3. The first-order valence-corrected chi connectivity index (χ1v) is 8.44. The van der Waals surface area contributed by atoms with Gasteiger partial charge < -0.3 is 24.3 Å². The number of piperazine rings is 1. The Labute approximate surface area is 144 Å². The van der Waals surface area contributed by atoms with Crippen molar-refractivity contribution >= 4 is 17.9 Å². The summed E-state index contributed by atoms with van der Waals surface area (Å²) in [5, 5.41) is 0. The average molecular weight is 342 g/mol. The number of ether oxygens (including phenoxy) is 1. The molecule has 0 aromatic heterocycles. The van der Waals surface area contributed by atoms with Gasteiger partial charge in [-0.15, -0.1) is 0 Å². The van der Waals surface area contributed by atoms with E-state index in [-0.39, 0.29) is 24.5 Å². The van der Waals surface area contributed by atoms with E-state index in [1.54, 1.807) is 21.6 Å². The predicted octanol–water partition coefficient (Wildman–Crippen LogP) is 0.0873. The van der Waals surface area contributed by atoms with Gasteiger partial charge in [0.1, 0.15) is 0 Å². The molecule has 0 aliphatic carbocycles. The van der Waals surface area contributed by atoms with Crippen molar-refractivity contribution in [1.29, 1.82) is 0 Å². The van der Waals surface area contributed by atoms with Crippen LogP contribution in [0.3, 0.4) is 0 Å². The van der Waals surface area contributed by atoms with Crippen LogP contribution in [-0.2, 0) is 14.3 Å². The van der Waals surface area contributed by atoms with Crippen LogP contribution in [0.15, 0.2) is 0 Å². The largest absolute Gasteiger partial charge is 0.450 e. The third-order valence-electron chi connectivity index (χ3n) is 3.96. The van der Waals surface area contributed by atoms with Crippen molar-refractivity contribution in [3.05, 3.63) is 0 Å². The smallest absolute Gasteiger partial charge is 0.409 e. The van der Waals surface area contributed by atoms with Gasteiger partial charge in [-0.1, -0.05) is 0 Å². The van der Waals surface area contributed by atoms with E-state index in [1.165, 1.54) is 6.92 Å². The molecule has 0 aromatic carbocycles. The third-order valence-corrected chi connectivity index (χ3v) is 3.96. The highest BCUT2D eigenvalue weighted by molar-refractivity contribution is 5.84. The molecule has 0 radical (unpaired) electrons. The van der Waals surface area contributed by atoms with Gasteiger partial charge >= 0.3 is 6.09 Å². The molecule has 138 valence electrons. The number of hydrogen-bond donors (Lipinski definition) is 0. The quantitative estimate of drug-likeness (QED) is 0.655. The zero-order chi connectivity index (χ0) is 18.1. The molecule has 24 heavy (non-hydrogen) atoms. The number of rotatable bonds is 7. The molecule has 3 amide bonds. The van der Waals surface area contributed by atoms with Crippen molar-refractivity contribution in [2.24, 2.45) is 0 Å². The molecule has 1 aliphatic rings. The molecule has 1 rings (SSSR count). The lowest BCUT2D eigenvalue weighted by Gasteiger charge is -2.35.